The third-order valence-corrected chi connectivity index (χ3v) is 3.92. The number of Topliss-reactive ketones (excluding diaryl/α,β-unsaturated/α-hetero) is 1. The molecule has 0 N–H and O–H groups in total. The van der Waals surface area contributed by atoms with Crippen molar-refractivity contribution in [3.63, 3.8) is 0 Å². The number of hydrogen-bond acceptors (Lipinski definition) is 3. The molecule has 0 aliphatic carbocycles. The lowest BCUT2D eigenvalue weighted by Crippen LogP contribution is -2.12. The van der Waals surface area contributed by atoms with E-state index in [-0.39, 0.29) is 12.4 Å². The lowest BCUT2D eigenvalue weighted by Gasteiger charge is -2.09. The highest BCUT2D eigenvalue weighted by Gasteiger charge is 2.02. The Morgan fingerprint density at radius 3 is 2.04 bits per heavy atom. The molecule has 2 aromatic rings. The SMILES string of the molecule is CCC(=O)COCCOc1ccc(-c2ccc(C(C)C)cc2)cc1. The number of carbonyl (C=O) groups is 1. The molecule has 0 saturated heterocycles. The van der Waals surface area contributed by atoms with Gasteiger partial charge in [-0.15, -0.1) is 0 Å². The Hall–Kier alpha value is -2.13. The van der Waals surface area contributed by atoms with Crippen molar-refractivity contribution >= 4 is 5.78 Å². The Balaban J connectivity index is 1.83. The van der Waals surface area contributed by atoms with Gasteiger partial charge in [0.25, 0.3) is 0 Å². The molecule has 0 radical (unpaired) electrons. The molecule has 0 unspecified atom stereocenters. The van der Waals surface area contributed by atoms with E-state index in [4.69, 9.17) is 9.47 Å². The molecule has 0 saturated carbocycles. The Labute approximate surface area is 144 Å². The zero-order chi connectivity index (χ0) is 17.4. The Morgan fingerprint density at radius 2 is 1.50 bits per heavy atom. The maximum atomic E-state index is 11.1. The van der Waals surface area contributed by atoms with Crippen molar-refractivity contribution in [2.75, 3.05) is 19.8 Å². The molecule has 0 aromatic heterocycles. The summed E-state index contributed by atoms with van der Waals surface area (Å²) >= 11 is 0. The van der Waals surface area contributed by atoms with Gasteiger partial charge in [0.1, 0.15) is 19.0 Å². The topological polar surface area (TPSA) is 35.5 Å². The molecule has 128 valence electrons. The number of rotatable bonds is 9. The molecule has 3 nitrogen and oxygen atoms in total. The van der Waals surface area contributed by atoms with Crippen LogP contribution in [0.15, 0.2) is 48.5 Å². The second-order valence-corrected chi connectivity index (χ2v) is 6.09. The lowest BCUT2D eigenvalue weighted by atomic mass is 9.99. The van der Waals surface area contributed by atoms with Crippen LogP contribution in [0.4, 0.5) is 0 Å². The van der Waals surface area contributed by atoms with Crippen LogP contribution in [0.25, 0.3) is 11.1 Å². The summed E-state index contributed by atoms with van der Waals surface area (Å²) in [5.41, 5.74) is 3.72. The second kappa shape index (κ2) is 9.24. The highest BCUT2D eigenvalue weighted by Crippen LogP contribution is 2.24. The average molecular weight is 326 g/mol. The van der Waals surface area contributed by atoms with E-state index < -0.39 is 0 Å². The van der Waals surface area contributed by atoms with Gasteiger partial charge in [-0.05, 0) is 34.7 Å². The predicted molar refractivity (Wildman–Crippen MR) is 97.6 cm³/mol. The van der Waals surface area contributed by atoms with Gasteiger partial charge in [0.2, 0.25) is 0 Å². The summed E-state index contributed by atoms with van der Waals surface area (Å²) in [6.07, 6.45) is 0.514. The Kier molecular flexibility index (Phi) is 7.01. The molecule has 0 amide bonds. The van der Waals surface area contributed by atoms with Gasteiger partial charge >= 0.3 is 0 Å². The van der Waals surface area contributed by atoms with E-state index >= 15 is 0 Å². The van der Waals surface area contributed by atoms with Gasteiger partial charge in [-0.3, -0.25) is 4.79 Å². The van der Waals surface area contributed by atoms with Crippen molar-refractivity contribution in [2.45, 2.75) is 33.1 Å². The fourth-order valence-corrected chi connectivity index (χ4v) is 2.31. The first kappa shape index (κ1) is 18.2. The minimum absolute atomic E-state index is 0.114. The van der Waals surface area contributed by atoms with E-state index in [2.05, 4.69) is 50.2 Å². The summed E-state index contributed by atoms with van der Waals surface area (Å²) in [6.45, 7) is 7.26. The van der Waals surface area contributed by atoms with Crippen molar-refractivity contribution in [1.82, 2.24) is 0 Å². The summed E-state index contributed by atoms with van der Waals surface area (Å²) < 4.78 is 10.9. The van der Waals surface area contributed by atoms with Gasteiger partial charge in [0.05, 0.1) is 6.61 Å². The molecule has 0 atom stereocenters. The molecule has 2 rings (SSSR count). The second-order valence-electron chi connectivity index (χ2n) is 6.09. The first-order valence-corrected chi connectivity index (χ1v) is 8.52. The van der Waals surface area contributed by atoms with Crippen LogP contribution < -0.4 is 4.74 Å². The Morgan fingerprint density at radius 1 is 0.917 bits per heavy atom. The molecular formula is C21H26O3. The van der Waals surface area contributed by atoms with Crippen LogP contribution in [0.3, 0.4) is 0 Å². The van der Waals surface area contributed by atoms with Crippen molar-refractivity contribution in [3.8, 4) is 16.9 Å². The zero-order valence-corrected chi connectivity index (χ0v) is 14.7. The molecule has 0 aliphatic heterocycles. The average Bonchev–Trinajstić information content (AvgIpc) is 2.62. The number of ether oxygens (including phenoxy) is 2. The summed E-state index contributed by atoms with van der Waals surface area (Å²) in [7, 11) is 0. The molecular weight excluding hydrogens is 300 g/mol. The highest BCUT2D eigenvalue weighted by molar-refractivity contribution is 5.79. The maximum Gasteiger partial charge on any atom is 0.158 e. The fraction of sp³-hybridized carbons (Fsp3) is 0.381. The van der Waals surface area contributed by atoms with Gasteiger partial charge in [-0.1, -0.05) is 57.2 Å². The summed E-state index contributed by atoms with van der Waals surface area (Å²) in [5, 5.41) is 0. The summed E-state index contributed by atoms with van der Waals surface area (Å²) in [4.78, 5) is 11.1. The van der Waals surface area contributed by atoms with Gasteiger partial charge in [-0.2, -0.15) is 0 Å². The third-order valence-electron chi connectivity index (χ3n) is 3.92. The molecule has 0 bridgehead atoms. The van der Waals surface area contributed by atoms with Crippen LogP contribution in [0.2, 0.25) is 0 Å². The minimum Gasteiger partial charge on any atom is -0.491 e. The lowest BCUT2D eigenvalue weighted by molar-refractivity contribution is -0.123. The van der Waals surface area contributed by atoms with Crippen molar-refractivity contribution in [1.29, 1.82) is 0 Å². The summed E-state index contributed by atoms with van der Waals surface area (Å²) in [5.74, 6) is 1.47. The predicted octanol–water partition coefficient (Wildman–Crippen LogP) is 4.85. The standard InChI is InChI=1S/C21H26O3/c1-4-20(22)15-23-13-14-24-21-11-9-19(10-12-21)18-7-5-17(6-8-18)16(2)3/h5-12,16H,4,13-15H2,1-3H3. The van der Waals surface area contributed by atoms with E-state index in [1.165, 1.54) is 16.7 Å². The molecule has 2 aromatic carbocycles. The van der Waals surface area contributed by atoms with E-state index in [1.54, 1.807) is 0 Å². The van der Waals surface area contributed by atoms with Crippen LogP contribution >= 0.6 is 0 Å². The molecule has 0 aliphatic rings. The van der Waals surface area contributed by atoms with Crippen LogP contribution in [0, 0.1) is 0 Å². The molecule has 24 heavy (non-hydrogen) atoms. The van der Waals surface area contributed by atoms with Gasteiger partial charge in [0.15, 0.2) is 5.78 Å². The number of carbonyl (C=O) groups excluding carboxylic acids is 1. The largest absolute Gasteiger partial charge is 0.491 e. The van der Waals surface area contributed by atoms with Crippen LogP contribution in [-0.4, -0.2) is 25.6 Å². The van der Waals surface area contributed by atoms with E-state index in [9.17, 15) is 4.79 Å². The first-order valence-electron chi connectivity index (χ1n) is 8.52. The number of ketones is 1. The van der Waals surface area contributed by atoms with Crippen molar-refractivity contribution in [3.05, 3.63) is 54.1 Å². The van der Waals surface area contributed by atoms with Crippen molar-refractivity contribution in [2.24, 2.45) is 0 Å². The zero-order valence-electron chi connectivity index (χ0n) is 14.7. The van der Waals surface area contributed by atoms with Gasteiger partial charge < -0.3 is 9.47 Å². The fourth-order valence-electron chi connectivity index (χ4n) is 2.31. The number of hydrogen-bond donors (Lipinski definition) is 0. The van der Waals surface area contributed by atoms with E-state index in [0.29, 0.717) is 25.6 Å². The third kappa shape index (κ3) is 5.50. The normalized spacial score (nSPS) is 10.8. The summed E-state index contributed by atoms with van der Waals surface area (Å²) in [6, 6.07) is 16.7. The quantitative estimate of drug-likeness (QED) is 0.618. The Bertz CT molecular complexity index is 627. The van der Waals surface area contributed by atoms with Gasteiger partial charge in [0, 0.05) is 6.42 Å². The van der Waals surface area contributed by atoms with E-state index in [0.717, 1.165) is 5.75 Å². The van der Waals surface area contributed by atoms with Crippen LogP contribution in [0.5, 0.6) is 5.75 Å². The molecule has 0 heterocycles. The smallest absolute Gasteiger partial charge is 0.158 e. The number of benzene rings is 2. The van der Waals surface area contributed by atoms with E-state index in [1.807, 2.05) is 19.1 Å². The molecule has 3 heteroatoms. The van der Waals surface area contributed by atoms with Crippen LogP contribution in [-0.2, 0) is 9.53 Å². The monoisotopic (exact) mass is 326 g/mol. The maximum absolute atomic E-state index is 11.1. The highest BCUT2D eigenvalue weighted by atomic mass is 16.5. The van der Waals surface area contributed by atoms with Gasteiger partial charge in [-0.25, -0.2) is 0 Å². The van der Waals surface area contributed by atoms with Crippen molar-refractivity contribution < 1.29 is 14.3 Å². The molecule has 0 spiro atoms. The van der Waals surface area contributed by atoms with Crippen LogP contribution in [0.1, 0.15) is 38.7 Å². The molecule has 0 fully saturated rings. The first-order chi connectivity index (χ1) is 11.6. The minimum atomic E-state index is 0.114.